The van der Waals surface area contributed by atoms with Gasteiger partial charge in [0.25, 0.3) is 0 Å². The van der Waals surface area contributed by atoms with Gasteiger partial charge in [0.1, 0.15) is 5.75 Å². The number of carbonyl (C=O) groups is 1. The lowest BCUT2D eigenvalue weighted by Crippen LogP contribution is -2.44. The molecule has 1 aromatic rings. The summed E-state index contributed by atoms with van der Waals surface area (Å²) in [5, 5.41) is 5.94. The Morgan fingerprint density at radius 1 is 1.23 bits per heavy atom. The highest BCUT2D eigenvalue weighted by molar-refractivity contribution is 5.86. The molecule has 0 aliphatic rings. The van der Waals surface area contributed by atoms with E-state index in [9.17, 15) is 18.0 Å². The van der Waals surface area contributed by atoms with Crippen LogP contribution < -0.4 is 15.4 Å². The van der Waals surface area contributed by atoms with Crippen molar-refractivity contribution in [3.05, 3.63) is 29.8 Å². The fourth-order valence-corrected chi connectivity index (χ4v) is 1.82. The Bertz CT molecular complexity index is 616. The largest absolute Gasteiger partial charge is 0.573 e. The van der Waals surface area contributed by atoms with E-state index in [4.69, 9.17) is 0 Å². The van der Waals surface area contributed by atoms with Crippen LogP contribution in [0.15, 0.2) is 29.3 Å². The molecule has 1 aromatic carbocycles. The van der Waals surface area contributed by atoms with Gasteiger partial charge in [0.2, 0.25) is 5.91 Å². The first-order valence-electron chi connectivity index (χ1n) is 8.14. The Hall–Kier alpha value is -2.45. The van der Waals surface area contributed by atoms with E-state index >= 15 is 0 Å². The van der Waals surface area contributed by atoms with Crippen molar-refractivity contribution in [2.24, 2.45) is 10.9 Å². The summed E-state index contributed by atoms with van der Waals surface area (Å²) in [6.07, 6.45) is -4.77. The Balaban J connectivity index is 2.86. The molecule has 26 heavy (non-hydrogen) atoms. The van der Waals surface area contributed by atoms with Crippen molar-refractivity contribution in [3.8, 4) is 5.75 Å². The van der Waals surface area contributed by atoms with Crippen molar-refractivity contribution >= 4 is 11.9 Å². The Kier molecular flexibility index (Phi) is 8.21. The van der Waals surface area contributed by atoms with E-state index in [2.05, 4.69) is 20.4 Å². The van der Waals surface area contributed by atoms with Gasteiger partial charge in [-0.15, -0.1) is 13.2 Å². The normalized spacial score (nSPS) is 12.1. The smallest absolute Gasteiger partial charge is 0.405 e. The standard InChI is InChI=1S/C17H25F3N4O2/c1-12(2)9-21-16(23-11-15(25)24(3)4)22-10-13-7-5-6-8-14(13)26-17(18,19)20/h5-8,12H,9-11H2,1-4H3,(H2,21,22,23). The van der Waals surface area contributed by atoms with Crippen LogP contribution >= 0.6 is 0 Å². The maximum absolute atomic E-state index is 12.5. The van der Waals surface area contributed by atoms with Gasteiger partial charge in [-0.3, -0.25) is 4.79 Å². The Morgan fingerprint density at radius 3 is 2.46 bits per heavy atom. The van der Waals surface area contributed by atoms with Gasteiger partial charge >= 0.3 is 6.36 Å². The molecule has 0 aliphatic heterocycles. The topological polar surface area (TPSA) is 66.0 Å². The second-order valence-electron chi connectivity index (χ2n) is 6.24. The summed E-state index contributed by atoms with van der Waals surface area (Å²) >= 11 is 0. The lowest BCUT2D eigenvalue weighted by molar-refractivity contribution is -0.274. The molecule has 0 heterocycles. The molecule has 0 aliphatic carbocycles. The van der Waals surface area contributed by atoms with Crippen LogP contribution in [0.2, 0.25) is 0 Å². The van der Waals surface area contributed by atoms with Crippen LogP contribution in [0, 0.1) is 5.92 Å². The molecule has 6 nitrogen and oxygen atoms in total. The van der Waals surface area contributed by atoms with Gasteiger partial charge in [-0.1, -0.05) is 32.0 Å². The van der Waals surface area contributed by atoms with Crippen molar-refractivity contribution in [2.75, 3.05) is 27.2 Å². The van der Waals surface area contributed by atoms with Gasteiger partial charge in [-0.2, -0.15) is 0 Å². The SMILES string of the molecule is CC(C)CNC(=NCc1ccccc1OC(F)(F)F)NCC(=O)N(C)C. The summed E-state index contributed by atoms with van der Waals surface area (Å²) in [7, 11) is 3.26. The van der Waals surface area contributed by atoms with Crippen molar-refractivity contribution < 1.29 is 22.7 Å². The summed E-state index contributed by atoms with van der Waals surface area (Å²) in [6.45, 7) is 4.60. The molecule has 0 fully saturated rings. The number of amides is 1. The minimum atomic E-state index is -4.77. The molecule has 146 valence electrons. The maximum Gasteiger partial charge on any atom is 0.573 e. The highest BCUT2D eigenvalue weighted by atomic mass is 19.4. The Morgan fingerprint density at radius 2 is 1.88 bits per heavy atom. The molecule has 1 amide bonds. The van der Waals surface area contributed by atoms with Crippen LogP contribution in [-0.4, -0.2) is 50.3 Å². The second-order valence-corrected chi connectivity index (χ2v) is 6.24. The third-order valence-corrected chi connectivity index (χ3v) is 3.19. The van der Waals surface area contributed by atoms with Gasteiger partial charge in [-0.05, 0) is 12.0 Å². The molecule has 0 radical (unpaired) electrons. The van der Waals surface area contributed by atoms with Gasteiger partial charge in [0, 0.05) is 26.2 Å². The highest BCUT2D eigenvalue weighted by Crippen LogP contribution is 2.26. The number of benzene rings is 1. The number of likely N-dealkylation sites (N-methyl/N-ethyl adjacent to an activating group) is 1. The lowest BCUT2D eigenvalue weighted by Gasteiger charge is -2.16. The van der Waals surface area contributed by atoms with E-state index in [1.165, 1.54) is 23.1 Å². The van der Waals surface area contributed by atoms with Crippen LogP contribution in [0.1, 0.15) is 19.4 Å². The maximum atomic E-state index is 12.5. The van der Waals surface area contributed by atoms with Crippen molar-refractivity contribution in [1.82, 2.24) is 15.5 Å². The van der Waals surface area contributed by atoms with E-state index in [-0.39, 0.29) is 30.3 Å². The zero-order chi connectivity index (χ0) is 19.7. The number of guanidine groups is 1. The molecule has 0 atom stereocenters. The summed E-state index contributed by atoms with van der Waals surface area (Å²) in [5.41, 5.74) is 0.286. The Labute approximate surface area is 151 Å². The van der Waals surface area contributed by atoms with E-state index in [1.54, 1.807) is 20.2 Å². The predicted molar refractivity (Wildman–Crippen MR) is 93.8 cm³/mol. The molecular formula is C17H25F3N4O2. The first-order chi connectivity index (χ1) is 12.1. The van der Waals surface area contributed by atoms with Gasteiger partial charge in [-0.25, -0.2) is 4.99 Å². The molecule has 0 unspecified atom stereocenters. The van der Waals surface area contributed by atoms with Crippen LogP contribution in [0.5, 0.6) is 5.75 Å². The van der Waals surface area contributed by atoms with Crippen molar-refractivity contribution in [2.45, 2.75) is 26.8 Å². The molecule has 0 spiro atoms. The van der Waals surface area contributed by atoms with Gasteiger partial charge < -0.3 is 20.3 Å². The average Bonchev–Trinajstić information content (AvgIpc) is 2.53. The monoisotopic (exact) mass is 374 g/mol. The van der Waals surface area contributed by atoms with Gasteiger partial charge in [0.15, 0.2) is 5.96 Å². The van der Waals surface area contributed by atoms with Crippen molar-refractivity contribution in [1.29, 1.82) is 0 Å². The number of alkyl halides is 3. The average molecular weight is 374 g/mol. The van der Waals surface area contributed by atoms with E-state index < -0.39 is 6.36 Å². The number of nitrogens with one attached hydrogen (secondary N) is 2. The third-order valence-electron chi connectivity index (χ3n) is 3.19. The first-order valence-corrected chi connectivity index (χ1v) is 8.14. The number of ether oxygens (including phenoxy) is 1. The van der Waals surface area contributed by atoms with E-state index in [0.717, 1.165) is 0 Å². The predicted octanol–water partition coefficient (Wildman–Crippen LogP) is 2.36. The molecule has 0 bridgehead atoms. The summed E-state index contributed by atoms with van der Waals surface area (Å²) in [6, 6.07) is 5.82. The molecule has 0 saturated heterocycles. The van der Waals surface area contributed by atoms with Crippen LogP contribution in [0.25, 0.3) is 0 Å². The first kappa shape index (κ1) is 21.6. The summed E-state index contributed by atoms with van der Waals surface area (Å²) in [4.78, 5) is 17.4. The molecule has 0 saturated carbocycles. The number of halogens is 3. The number of aliphatic imine (C=N–C) groups is 1. The quantitative estimate of drug-likeness (QED) is 0.568. The molecule has 2 N–H and O–H groups in total. The third kappa shape index (κ3) is 8.59. The summed E-state index contributed by atoms with van der Waals surface area (Å²) < 4.78 is 41.5. The zero-order valence-corrected chi connectivity index (χ0v) is 15.4. The van der Waals surface area contributed by atoms with Crippen LogP contribution in [0.3, 0.4) is 0 Å². The highest BCUT2D eigenvalue weighted by Gasteiger charge is 2.31. The zero-order valence-electron chi connectivity index (χ0n) is 15.4. The van der Waals surface area contributed by atoms with Gasteiger partial charge in [0.05, 0.1) is 13.1 Å². The number of nitrogens with zero attached hydrogens (tertiary/aromatic N) is 2. The van der Waals surface area contributed by atoms with E-state index in [1.807, 2.05) is 13.8 Å². The fourth-order valence-electron chi connectivity index (χ4n) is 1.82. The second kappa shape index (κ2) is 9.88. The van der Waals surface area contributed by atoms with Crippen LogP contribution in [-0.2, 0) is 11.3 Å². The minimum absolute atomic E-state index is 0.0254. The fraction of sp³-hybridized carbons (Fsp3) is 0.529. The number of hydrogen-bond donors (Lipinski definition) is 2. The number of para-hydroxylation sites is 1. The molecular weight excluding hydrogens is 349 g/mol. The van der Waals surface area contributed by atoms with E-state index in [0.29, 0.717) is 18.4 Å². The number of rotatable bonds is 7. The lowest BCUT2D eigenvalue weighted by atomic mass is 10.2. The van der Waals surface area contributed by atoms with Crippen molar-refractivity contribution in [3.63, 3.8) is 0 Å². The molecule has 0 aromatic heterocycles. The number of hydrogen-bond acceptors (Lipinski definition) is 3. The molecule has 9 heteroatoms. The number of carbonyl (C=O) groups excluding carboxylic acids is 1. The van der Waals surface area contributed by atoms with Crippen LogP contribution in [0.4, 0.5) is 13.2 Å². The summed E-state index contributed by atoms with van der Waals surface area (Å²) in [5.74, 6) is 0.226. The minimum Gasteiger partial charge on any atom is -0.405 e. The molecule has 1 rings (SSSR count).